The molecule has 9 heteroatoms. The number of nitrogens with one attached hydrogen (secondary N) is 2. The Morgan fingerprint density at radius 1 is 1.16 bits per heavy atom. The Morgan fingerprint density at radius 3 is 2.69 bits per heavy atom. The molecular formula is C23H28N4O4S. The fraction of sp³-hybridized carbons (Fsp3) is 0.478. The molecule has 170 valence electrons. The van der Waals surface area contributed by atoms with Gasteiger partial charge in [0.05, 0.1) is 17.2 Å². The first-order valence-corrected chi connectivity index (χ1v) is 11.7. The summed E-state index contributed by atoms with van der Waals surface area (Å²) >= 11 is 1.37. The maximum atomic E-state index is 13.5. The van der Waals surface area contributed by atoms with Crippen LogP contribution in [0.25, 0.3) is 0 Å². The molecule has 0 unspecified atom stereocenters. The molecule has 4 bridgehead atoms. The lowest BCUT2D eigenvalue weighted by molar-refractivity contribution is -0.122. The Kier molecular flexibility index (Phi) is 6.45. The lowest BCUT2D eigenvalue weighted by Crippen LogP contribution is -2.47. The quantitative estimate of drug-likeness (QED) is 0.686. The fourth-order valence-electron chi connectivity index (χ4n) is 4.39. The van der Waals surface area contributed by atoms with Gasteiger partial charge in [-0.1, -0.05) is 6.07 Å². The molecule has 3 heterocycles. The first-order valence-electron chi connectivity index (χ1n) is 10.9. The SMILES string of the molecule is Cc1nc(C)c(C(=O)N2[C@@H]3CC[C@H]2CC(=O)NCCOc2cc(ccc2C)C(=O)NC3)s1. The van der Waals surface area contributed by atoms with E-state index in [1.54, 1.807) is 17.0 Å². The van der Waals surface area contributed by atoms with Crippen LogP contribution in [0, 0.1) is 20.8 Å². The molecule has 0 aliphatic carbocycles. The highest BCUT2D eigenvalue weighted by Gasteiger charge is 2.39. The van der Waals surface area contributed by atoms with Crippen molar-refractivity contribution in [2.45, 2.75) is 52.1 Å². The third-order valence-corrected chi connectivity index (χ3v) is 7.06. The largest absolute Gasteiger partial charge is 0.491 e. The number of hydrogen-bond acceptors (Lipinski definition) is 6. The molecule has 3 amide bonds. The maximum absolute atomic E-state index is 13.5. The van der Waals surface area contributed by atoms with Crippen molar-refractivity contribution in [1.29, 1.82) is 0 Å². The van der Waals surface area contributed by atoms with Gasteiger partial charge in [-0.2, -0.15) is 0 Å². The molecule has 2 atom stereocenters. The van der Waals surface area contributed by atoms with Gasteiger partial charge in [0.2, 0.25) is 5.91 Å². The molecule has 0 radical (unpaired) electrons. The molecule has 2 aromatic rings. The summed E-state index contributed by atoms with van der Waals surface area (Å²) in [5.41, 5.74) is 2.12. The molecule has 1 aromatic heterocycles. The van der Waals surface area contributed by atoms with Crippen LogP contribution < -0.4 is 15.4 Å². The van der Waals surface area contributed by atoms with Crippen molar-refractivity contribution in [2.75, 3.05) is 19.7 Å². The molecule has 0 spiro atoms. The number of thiazole rings is 1. The lowest BCUT2D eigenvalue weighted by atomic mass is 10.1. The van der Waals surface area contributed by atoms with Gasteiger partial charge in [0.15, 0.2) is 0 Å². The van der Waals surface area contributed by atoms with Crippen LogP contribution in [0.4, 0.5) is 0 Å². The van der Waals surface area contributed by atoms with E-state index in [1.807, 2.05) is 26.8 Å². The van der Waals surface area contributed by atoms with Gasteiger partial charge in [-0.05, 0) is 51.3 Å². The van der Waals surface area contributed by atoms with Gasteiger partial charge in [-0.3, -0.25) is 14.4 Å². The van der Waals surface area contributed by atoms with E-state index in [-0.39, 0.29) is 36.2 Å². The molecule has 1 saturated heterocycles. The highest BCUT2D eigenvalue weighted by molar-refractivity contribution is 7.13. The maximum Gasteiger partial charge on any atom is 0.266 e. The van der Waals surface area contributed by atoms with Crippen LogP contribution in [0.2, 0.25) is 0 Å². The van der Waals surface area contributed by atoms with E-state index in [9.17, 15) is 14.4 Å². The summed E-state index contributed by atoms with van der Waals surface area (Å²) in [7, 11) is 0. The van der Waals surface area contributed by atoms with Gasteiger partial charge in [-0.25, -0.2) is 4.98 Å². The van der Waals surface area contributed by atoms with Crippen LogP contribution in [-0.4, -0.2) is 59.4 Å². The second kappa shape index (κ2) is 9.28. The van der Waals surface area contributed by atoms with Gasteiger partial charge in [0.25, 0.3) is 11.8 Å². The number of nitrogens with zero attached hydrogens (tertiary/aromatic N) is 2. The number of amides is 3. The summed E-state index contributed by atoms with van der Waals surface area (Å²) in [6.07, 6.45) is 1.66. The zero-order valence-corrected chi connectivity index (χ0v) is 19.4. The standard InChI is InChI=1S/C23H28N4O4S/c1-13-4-5-16-10-19(13)31-9-8-24-20(28)11-17-6-7-18(12-25-22(16)29)27(17)23(30)21-14(2)26-15(3)32-21/h4-5,10,17-18H,6-9,11-12H2,1-3H3,(H,24,28)(H,25,29)/t17-,18+/m0/s1. The van der Waals surface area contributed by atoms with Crippen molar-refractivity contribution in [3.63, 3.8) is 0 Å². The van der Waals surface area contributed by atoms with E-state index >= 15 is 0 Å². The number of carbonyl (C=O) groups excluding carboxylic acids is 3. The van der Waals surface area contributed by atoms with Crippen molar-refractivity contribution in [3.8, 4) is 5.75 Å². The second-order valence-corrected chi connectivity index (χ2v) is 9.54. The monoisotopic (exact) mass is 456 g/mol. The third kappa shape index (κ3) is 4.62. The first-order chi connectivity index (χ1) is 15.3. The average molecular weight is 457 g/mol. The van der Waals surface area contributed by atoms with E-state index < -0.39 is 0 Å². The van der Waals surface area contributed by atoms with Crippen LogP contribution in [-0.2, 0) is 4.79 Å². The Morgan fingerprint density at radius 2 is 1.94 bits per heavy atom. The summed E-state index contributed by atoms with van der Waals surface area (Å²) in [5, 5.41) is 6.70. The van der Waals surface area contributed by atoms with Gasteiger partial charge >= 0.3 is 0 Å². The molecule has 1 fully saturated rings. The second-order valence-electron chi connectivity index (χ2n) is 8.34. The summed E-state index contributed by atoms with van der Waals surface area (Å²) in [6, 6.07) is 4.92. The Bertz CT molecular complexity index is 1050. The van der Waals surface area contributed by atoms with Gasteiger partial charge in [0.1, 0.15) is 17.2 Å². The van der Waals surface area contributed by atoms with Crippen LogP contribution in [0.5, 0.6) is 5.75 Å². The number of carbonyl (C=O) groups is 3. The van der Waals surface area contributed by atoms with Crippen LogP contribution >= 0.6 is 11.3 Å². The normalized spacial score (nSPS) is 21.8. The van der Waals surface area contributed by atoms with E-state index in [0.29, 0.717) is 48.0 Å². The number of hydrogen-bond donors (Lipinski definition) is 2. The lowest BCUT2D eigenvalue weighted by Gasteiger charge is -2.30. The number of aromatic nitrogens is 1. The molecule has 8 nitrogen and oxygen atoms in total. The van der Waals surface area contributed by atoms with E-state index in [4.69, 9.17) is 4.74 Å². The first kappa shape index (κ1) is 22.3. The molecular weight excluding hydrogens is 428 g/mol. The number of ether oxygens (including phenoxy) is 1. The minimum atomic E-state index is -0.222. The Balaban J connectivity index is 1.62. The van der Waals surface area contributed by atoms with Crippen molar-refractivity contribution < 1.29 is 19.1 Å². The van der Waals surface area contributed by atoms with Crippen LogP contribution in [0.15, 0.2) is 18.2 Å². The minimum Gasteiger partial charge on any atom is -0.491 e. The average Bonchev–Trinajstić information content (AvgIpc) is 3.31. The Labute approximate surface area is 191 Å². The van der Waals surface area contributed by atoms with Crippen molar-refractivity contribution >= 4 is 29.1 Å². The molecule has 2 aliphatic rings. The summed E-state index contributed by atoms with van der Waals surface area (Å²) in [6.45, 7) is 6.59. The molecule has 2 N–H and O–H groups in total. The van der Waals surface area contributed by atoms with Crippen molar-refractivity contribution in [2.24, 2.45) is 0 Å². The summed E-state index contributed by atoms with van der Waals surface area (Å²) in [5.74, 6) is 0.183. The predicted molar refractivity (Wildman–Crippen MR) is 121 cm³/mol. The van der Waals surface area contributed by atoms with Crippen molar-refractivity contribution in [1.82, 2.24) is 20.5 Å². The number of aryl methyl sites for hydroxylation is 3. The van der Waals surface area contributed by atoms with Crippen LogP contribution in [0.1, 0.15) is 55.6 Å². The fourth-order valence-corrected chi connectivity index (χ4v) is 5.25. The van der Waals surface area contributed by atoms with Gasteiger partial charge in [-0.15, -0.1) is 11.3 Å². The number of benzene rings is 1. The minimum absolute atomic E-state index is 0.112. The van der Waals surface area contributed by atoms with Gasteiger partial charge in [0, 0.05) is 30.6 Å². The smallest absolute Gasteiger partial charge is 0.266 e. The Hall–Kier alpha value is -2.94. The molecule has 32 heavy (non-hydrogen) atoms. The van der Waals surface area contributed by atoms with E-state index in [1.165, 1.54) is 11.3 Å². The summed E-state index contributed by atoms with van der Waals surface area (Å²) in [4.78, 5) is 45.7. The van der Waals surface area contributed by atoms with Crippen LogP contribution in [0.3, 0.4) is 0 Å². The highest BCUT2D eigenvalue weighted by Crippen LogP contribution is 2.31. The summed E-state index contributed by atoms with van der Waals surface area (Å²) < 4.78 is 5.78. The predicted octanol–water partition coefficient (Wildman–Crippen LogP) is 2.37. The molecule has 2 aliphatic heterocycles. The van der Waals surface area contributed by atoms with Crippen molar-refractivity contribution in [3.05, 3.63) is 44.9 Å². The number of rotatable bonds is 1. The zero-order chi connectivity index (χ0) is 22.8. The molecule has 4 rings (SSSR count). The number of fused-ring (bicyclic) bond motifs is 4. The third-order valence-electron chi connectivity index (χ3n) is 6.00. The molecule has 0 saturated carbocycles. The topological polar surface area (TPSA) is 101 Å². The highest BCUT2D eigenvalue weighted by atomic mass is 32.1. The van der Waals surface area contributed by atoms with E-state index in [2.05, 4.69) is 15.6 Å². The van der Waals surface area contributed by atoms with Gasteiger partial charge < -0.3 is 20.3 Å². The molecule has 1 aromatic carbocycles. The zero-order valence-electron chi connectivity index (χ0n) is 18.6. The van der Waals surface area contributed by atoms with E-state index in [0.717, 1.165) is 17.0 Å².